The van der Waals surface area contributed by atoms with E-state index in [4.69, 9.17) is 27.7 Å². The number of hydrogen-bond donors (Lipinski definition) is 5. The van der Waals surface area contributed by atoms with Crippen molar-refractivity contribution in [2.75, 3.05) is 34.6 Å². The summed E-state index contributed by atoms with van der Waals surface area (Å²) in [5.74, 6) is 0.158. The van der Waals surface area contributed by atoms with Crippen LogP contribution in [0.5, 0.6) is 11.5 Å². The molecule has 3 saturated carbocycles. The van der Waals surface area contributed by atoms with Crippen molar-refractivity contribution in [1.29, 1.82) is 0 Å². The Morgan fingerprint density at radius 2 is 1.36 bits per heavy atom. The average Bonchev–Trinajstić information content (AvgIpc) is 3.69. The summed E-state index contributed by atoms with van der Waals surface area (Å²) in [6, 6.07) is 3.14. The number of alkyl halides is 2. The van der Waals surface area contributed by atoms with Crippen LogP contribution in [0.2, 0.25) is 0 Å². The van der Waals surface area contributed by atoms with E-state index in [1.807, 2.05) is 20.0 Å². The Labute approximate surface area is 267 Å². The van der Waals surface area contributed by atoms with E-state index >= 15 is 0 Å². The fourth-order valence-electron chi connectivity index (χ4n) is 8.69. The molecule has 2 aromatic carbocycles. The number of aromatic nitrogens is 2. The third kappa shape index (κ3) is 3.88. The highest BCUT2D eigenvalue weighted by molar-refractivity contribution is 7.46. The van der Waals surface area contributed by atoms with Crippen LogP contribution < -0.4 is 14.3 Å². The van der Waals surface area contributed by atoms with Crippen LogP contribution in [0, 0.1) is 24.7 Å². The van der Waals surface area contributed by atoms with E-state index < -0.39 is 18.7 Å². The molecule has 14 heteroatoms. The smallest absolute Gasteiger partial charge is 0.506 e. The first-order chi connectivity index (χ1) is 21.3. The second-order valence-electron chi connectivity index (χ2n) is 13.3. The second kappa shape index (κ2) is 9.42. The highest BCUT2D eigenvalue weighted by atomic mass is 35.5. The van der Waals surface area contributed by atoms with Crippen LogP contribution in [0.15, 0.2) is 24.5 Å². The fourth-order valence-corrected chi connectivity index (χ4v) is 9.59. The number of halogens is 2. The van der Waals surface area contributed by atoms with Gasteiger partial charge in [0.05, 0.1) is 33.2 Å². The molecule has 2 bridgehead atoms. The number of carbonyl (C=O) groups is 2. The molecule has 3 aliphatic carbocycles. The molecule has 1 unspecified atom stereocenters. The van der Waals surface area contributed by atoms with Gasteiger partial charge in [0.2, 0.25) is 11.8 Å². The minimum absolute atomic E-state index is 0.0426. The summed E-state index contributed by atoms with van der Waals surface area (Å²) in [7, 11) is -4.89. The van der Waals surface area contributed by atoms with Crippen LogP contribution in [0.3, 0.4) is 0 Å². The molecule has 2 amide bonds. The Morgan fingerprint density at radius 1 is 0.889 bits per heavy atom. The van der Waals surface area contributed by atoms with Crippen molar-refractivity contribution in [1.82, 2.24) is 9.97 Å². The summed E-state index contributed by atoms with van der Waals surface area (Å²) in [5, 5.41) is 12.4. The van der Waals surface area contributed by atoms with E-state index in [2.05, 4.69) is 9.97 Å². The Morgan fingerprint density at radius 3 is 1.84 bits per heavy atom. The summed E-state index contributed by atoms with van der Waals surface area (Å²) < 4.78 is 16.9. The number of aryl methyl sites for hydroxylation is 2. The first kappa shape index (κ1) is 29.2. The number of carbonyl (C=O) groups excluding carboxylic acids is 2. The maximum Gasteiger partial charge on any atom is 0.524 e. The maximum atomic E-state index is 14.3. The standard InChI is InChI=1S/C31H31Cl2N4O7P/c1-14-7-34-26-20(38)3-18-24(22(14)26)16(5-32)9-36(18)28(39)30-11-31(12-30,13-30)29(40)37-10-17(6-33)25-19(37)4-21(44-45(41,42)43)27-23(25)15(2)8-35-27/h3-4,7-8,16-17,34-35,38H,5-6,9-13H2,1-2H3,(H2,41,42,43)/t16?,17-,30?,31?/m1/s1. The second-order valence-corrected chi connectivity index (χ2v) is 15.1. The molecule has 4 heterocycles. The largest absolute Gasteiger partial charge is 0.524 e. The molecule has 2 atom stereocenters. The SMILES string of the molecule is Cc1c[nH]c2c(O)cc3c(c12)C(CCl)CN3C(=O)C12CC(C(=O)N3C[C@@H](CCl)c4c3cc(OP(=O)(O)O)c3[nH]cc(C)c43)(C1)C2. The van der Waals surface area contributed by atoms with Crippen molar-refractivity contribution in [3.63, 3.8) is 0 Å². The van der Waals surface area contributed by atoms with Crippen LogP contribution in [0.25, 0.3) is 21.8 Å². The predicted molar refractivity (Wildman–Crippen MR) is 171 cm³/mol. The summed E-state index contributed by atoms with van der Waals surface area (Å²) in [6.45, 7) is 4.57. The van der Waals surface area contributed by atoms with E-state index in [1.165, 1.54) is 6.07 Å². The number of anilines is 2. The average molecular weight is 673 g/mol. The molecule has 2 aromatic heterocycles. The molecule has 2 aliphatic heterocycles. The molecule has 0 spiro atoms. The van der Waals surface area contributed by atoms with Crippen molar-refractivity contribution in [2.24, 2.45) is 10.8 Å². The van der Waals surface area contributed by atoms with Gasteiger partial charge in [0.1, 0.15) is 5.75 Å². The lowest BCUT2D eigenvalue weighted by Gasteiger charge is -2.69. The molecule has 4 aromatic rings. The van der Waals surface area contributed by atoms with Gasteiger partial charge in [-0.1, -0.05) is 0 Å². The van der Waals surface area contributed by atoms with E-state index in [1.54, 1.807) is 22.1 Å². The normalized spacial score (nSPS) is 26.6. The van der Waals surface area contributed by atoms with E-state index in [-0.39, 0.29) is 41.0 Å². The Hall–Kier alpha value is -3.21. The van der Waals surface area contributed by atoms with E-state index in [0.717, 1.165) is 33.0 Å². The number of benzene rings is 2. The van der Waals surface area contributed by atoms with E-state index in [9.17, 15) is 29.0 Å². The number of rotatable bonds is 6. The lowest BCUT2D eigenvalue weighted by atomic mass is 9.34. The number of phenolic OH excluding ortho intramolecular Hbond substituents is 1. The third-order valence-electron chi connectivity index (χ3n) is 10.5. The number of aromatic amines is 2. The Kier molecular flexibility index (Phi) is 6.12. The van der Waals surface area contributed by atoms with Gasteiger partial charge in [-0.25, -0.2) is 4.57 Å². The Bertz CT molecular complexity index is 2010. The molecular formula is C31H31Cl2N4O7P. The lowest BCUT2D eigenvalue weighted by Crippen LogP contribution is -2.73. The van der Waals surface area contributed by atoms with Crippen molar-refractivity contribution in [2.45, 2.75) is 44.9 Å². The van der Waals surface area contributed by atoms with Gasteiger partial charge in [-0.15, -0.1) is 23.2 Å². The highest BCUT2D eigenvalue weighted by Gasteiger charge is 2.76. The molecule has 5 N–H and O–H groups in total. The van der Waals surface area contributed by atoms with Gasteiger partial charge >= 0.3 is 7.82 Å². The van der Waals surface area contributed by atoms with Crippen molar-refractivity contribution >= 4 is 76.0 Å². The molecule has 9 rings (SSSR count). The molecule has 236 valence electrons. The number of nitrogens with one attached hydrogen (secondary N) is 2. The number of fused-ring (bicyclic) bond motifs is 6. The number of aromatic hydroxyl groups is 1. The number of phenols is 1. The van der Waals surface area contributed by atoms with E-state index in [0.29, 0.717) is 60.6 Å². The minimum atomic E-state index is -4.89. The lowest BCUT2D eigenvalue weighted by molar-refractivity contribution is -0.204. The van der Waals surface area contributed by atoms with Crippen LogP contribution in [0.1, 0.15) is 53.4 Å². The number of phosphoric ester groups is 1. The van der Waals surface area contributed by atoms with Crippen LogP contribution in [0.4, 0.5) is 11.4 Å². The summed E-state index contributed by atoms with van der Waals surface area (Å²) in [4.78, 5) is 57.2. The molecule has 11 nitrogen and oxygen atoms in total. The number of nitrogens with zero attached hydrogens (tertiary/aromatic N) is 2. The van der Waals surface area contributed by atoms with Gasteiger partial charge in [0.15, 0.2) is 5.75 Å². The number of hydrogen-bond acceptors (Lipinski definition) is 5. The molecule has 45 heavy (non-hydrogen) atoms. The molecule has 5 aliphatic rings. The topological polar surface area (TPSA) is 159 Å². The van der Waals surface area contributed by atoms with Crippen molar-refractivity contribution in [3.05, 3.63) is 46.8 Å². The third-order valence-corrected chi connectivity index (χ3v) is 11.7. The van der Waals surface area contributed by atoms with Gasteiger partial charge in [0.25, 0.3) is 0 Å². The zero-order valence-corrected chi connectivity index (χ0v) is 26.9. The molecular weight excluding hydrogens is 642 g/mol. The van der Waals surface area contributed by atoms with Crippen molar-refractivity contribution < 1.29 is 33.6 Å². The van der Waals surface area contributed by atoms with Gasteiger partial charge < -0.3 is 29.4 Å². The summed E-state index contributed by atoms with van der Waals surface area (Å²) in [5.41, 5.74) is 4.50. The quantitative estimate of drug-likeness (QED) is 0.131. The monoisotopic (exact) mass is 672 g/mol. The Balaban J connectivity index is 1.10. The summed E-state index contributed by atoms with van der Waals surface area (Å²) in [6.07, 6.45) is 4.78. The first-order valence-corrected chi connectivity index (χ1v) is 17.4. The van der Waals surface area contributed by atoms with Gasteiger partial charge in [0, 0.05) is 72.0 Å². The zero-order chi connectivity index (χ0) is 31.8. The van der Waals surface area contributed by atoms with Gasteiger partial charge in [-0.3, -0.25) is 19.4 Å². The number of phosphoric acid groups is 1. The molecule has 0 saturated heterocycles. The molecule has 0 radical (unpaired) electrons. The highest BCUT2D eigenvalue weighted by Crippen LogP contribution is 2.75. The minimum Gasteiger partial charge on any atom is -0.506 e. The van der Waals surface area contributed by atoms with Crippen LogP contribution >= 0.6 is 31.0 Å². The first-order valence-electron chi connectivity index (χ1n) is 14.8. The maximum absolute atomic E-state index is 14.3. The predicted octanol–water partition coefficient (Wildman–Crippen LogP) is 5.65. The molecule has 3 fully saturated rings. The summed E-state index contributed by atoms with van der Waals surface area (Å²) >= 11 is 12.8. The zero-order valence-electron chi connectivity index (χ0n) is 24.5. The van der Waals surface area contributed by atoms with Crippen molar-refractivity contribution in [3.8, 4) is 11.5 Å². The van der Waals surface area contributed by atoms with Gasteiger partial charge in [-0.05, 0) is 55.4 Å². The number of amides is 2. The van der Waals surface area contributed by atoms with Crippen LogP contribution in [-0.2, 0) is 14.2 Å². The van der Waals surface area contributed by atoms with Crippen LogP contribution in [-0.4, -0.2) is 61.5 Å². The fraction of sp³-hybridized carbons (Fsp3) is 0.419. The van der Waals surface area contributed by atoms with Gasteiger partial charge in [-0.2, -0.15) is 0 Å². The number of H-pyrrole nitrogens is 2.